The highest BCUT2D eigenvalue weighted by Crippen LogP contribution is 2.28. The van der Waals surface area contributed by atoms with Crippen molar-refractivity contribution in [3.63, 3.8) is 0 Å². The van der Waals surface area contributed by atoms with Crippen molar-refractivity contribution >= 4 is 23.3 Å². The molecule has 0 aliphatic rings. The van der Waals surface area contributed by atoms with Gasteiger partial charge in [0.15, 0.2) is 5.82 Å². The lowest BCUT2D eigenvalue weighted by atomic mass is 10.2. The van der Waals surface area contributed by atoms with Crippen LogP contribution in [0.4, 0.5) is 27.8 Å². The van der Waals surface area contributed by atoms with E-state index in [1.165, 1.54) is 29.9 Å². The summed E-state index contributed by atoms with van der Waals surface area (Å²) in [6.07, 6.45) is -4.74. The van der Waals surface area contributed by atoms with Gasteiger partial charge in [0.25, 0.3) is 12.9 Å². The summed E-state index contributed by atoms with van der Waals surface area (Å²) in [5.74, 6) is -1.26. The minimum atomic E-state index is -3.10. The average molecular weight is 448 g/mol. The monoisotopic (exact) mass is 447 g/mol. The summed E-state index contributed by atoms with van der Waals surface area (Å²) in [5, 5.41) is 9.96. The summed E-state index contributed by atoms with van der Waals surface area (Å²) in [4.78, 5) is 12.5. The maximum Gasteiger partial charge on any atom is 0.282 e. The Kier molecular flexibility index (Phi) is 6.40. The fourth-order valence-corrected chi connectivity index (χ4v) is 2.88. The van der Waals surface area contributed by atoms with Crippen LogP contribution in [0.2, 0.25) is 5.02 Å². The van der Waals surface area contributed by atoms with Crippen LogP contribution in [0, 0.1) is 5.82 Å². The first-order valence-corrected chi connectivity index (χ1v) is 8.97. The SMILES string of the molecule is CC(C(=O)Nc1nn(Cc2ccc(F)cc2)cc1Cl)n1nc(C(F)F)cc1C(F)F. The molecule has 12 heteroatoms. The predicted octanol–water partition coefficient (Wildman–Crippen LogP) is 5.00. The molecule has 3 rings (SSSR count). The maximum absolute atomic E-state index is 13.2. The predicted molar refractivity (Wildman–Crippen MR) is 98.2 cm³/mol. The van der Waals surface area contributed by atoms with Crippen LogP contribution in [0.25, 0.3) is 0 Å². The van der Waals surface area contributed by atoms with Crippen LogP contribution in [-0.4, -0.2) is 25.5 Å². The number of alkyl halides is 4. The minimum Gasteiger partial charge on any atom is -0.306 e. The zero-order chi connectivity index (χ0) is 22.0. The molecule has 30 heavy (non-hydrogen) atoms. The molecule has 0 radical (unpaired) electrons. The van der Waals surface area contributed by atoms with Crippen molar-refractivity contribution in [2.24, 2.45) is 0 Å². The number of anilines is 1. The highest BCUT2D eigenvalue weighted by molar-refractivity contribution is 6.33. The number of hydrogen-bond acceptors (Lipinski definition) is 3. The Bertz CT molecular complexity index is 1030. The molecule has 1 amide bonds. The van der Waals surface area contributed by atoms with Gasteiger partial charge in [-0.2, -0.15) is 10.2 Å². The van der Waals surface area contributed by atoms with E-state index in [0.717, 1.165) is 5.56 Å². The van der Waals surface area contributed by atoms with Crippen molar-refractivity contribution in [2.45, 2.75) is 32.4 Å². The molecule has 0 aliphatic carbocycles. The smallest absolute Gasteiger partial charge is 0.282 e. The molecule has 0 fully saturated rings. The van der Waals surface area contributed by atoms with Gasteiger partial charge in [-0.15, -0.1) is 0 Å². The third-order valence-corrected chi connectivity index (χ3v) is 4.47. The lowest BCUT2D eigenvalue weighted by Gasteiger charge is -2.14. The number of carbonyl (C=O) groups is 1. The lowest BCUT2D eigenvalue weighted by Crippen LogP contribution is -2.26. The van der Waals surface area contributed by atoms with E-state index >= 15 is 0 Å². The molecule has 160 valence electrons. The third-order valence-electron chi connectivity index (χ3n) is 4.19. The zero-order valence-corrected chi connectivity index (χ0v) is 16.1. The third kappa shape index (κ3) is 4.78. The Morgan fingerprint density at radius 2 is 1.80 bits per heavy atom. The first-order chi connectivity index (χ1) is 14.2. The quantitative estimate of drug-likeness (QED) is 0.519. The molecule has 1 unspecified atom stereocenters. The largest absolute Gasteiger partial charge is 0.306 e. The summed E-state index contributed by atoms with van der Waals surface area (Å²) in [5.41, 5.74) is -0.938. The number of nitrogens with one attached hydrogen (secondary N) is 1. The summed E-state index contributed by atoms with van der Waals surface area (Å²) in [6.45, 7) is 1.46. The Balaban J connectivity index is 1.76. The number of carbonyl (C=O) groups excluding carboxylic acids is 1. The van der Waals surface area contributed by atoms with E-state index in [-0.39, 0.29) is 17.4 Å². The molecule has 0 aliphatic heterocycles. The van der Waals surface area contributed by atoms with Crippen molar-refractivity contribution in [2.75, 3.05) is 5.32 Å². The Morgan fingerprint density at radius 3 is 2.40 bits per heavy atom. The molecule has 0 bridgehead atoms. The van der Waals surface area contributed by atoms with Gasteiger partial charge < -0.3 is 5.32 Å². The zero-order valence-electron chi connectivity index (χ0n) is 15.4. The van der Waals surface area contributed by atoms with E-state index in [2.05, 4.69) is 15.5 Å². The summed E-state index contributed by atoms with van der Waals surface area (Å²) < 4.78 is 66.9. The second kappa shape index (κ2) is 8.82. The molecule has 3 aromatic rings. The molecule has 2 heterocycles. The molecule has 6 nitrogen and oxygen atoms in total. The van der Waals surface area contributed by atoms with E-state index in [9.17, 15) is 26.7 Å². The number of nitrogens with zero attached hydrogens (tertiary/aromatic N) is 4. The van der Waals surface area contributed by atoms with Crippen molar-refractivity contribution in [1.82, 2.24) is 19.6 Å². The van der Waals surface area contributed by atoms with Crippen molar-refractivity contribution in [1.29, 1.82) is 0 Å². The van der Waals surface area contributed by atoms with Crippen LogP contribution in [0.1, 0.15) is 42.8 Å². The van der Waals surface area contributed by atoms with Crippen molar-refractivity contribution in [3.05, 3.63) is 64.3 Å². The maximum atomic E-state index is 13.2. The Morgan fingerprint density at radius 1 is 1.13 bits per heavy atom. The molecule has 0 spiro atoms. The molecule has 0 saturated heterocycles. The average Bonchev–Trinajstić information content (AvgIpc) is 3.27. The van der Waals surface area contributed by atoms with Gasteiger partial charge in [-0.05, 0) is 30.7 Å². The van der Waals surface area contributed by atoms with Crippen LogP contribution in [0.3, 0.4) is 0 Å². The van der Waals surface area contributed by atoms with Gasteiger partial charge in [0, 0.05) is 6.20 Å². The van der Waals surface area contributed by atoms with Gasteiger partial charge in [-0.25, -0.2) is 22.0 Å². The van der Waals surface area contributed by atoms with E-state index in [0.29, 0.717) is 10.7 Å². The summed E-state index contributed by atoms with van der Waals surface area (Å²) >= 11 is 6.06. The first-order valence-electron chi connectivity index (χ1n) is 8.59. The van der Waals surface area contributed by atoms with Crippen LogP contribution in [0.15, 0.2) is 36.5 Å². The second-order valence-corrected chi connectivity index (χ2v) is 6.76. The van der Waals surface area contributed by atoms with Gasteiger partial charge >= 0.3 is 0 Å². The molecular formula is C18H15ClF5N5O. The molecular weight excluding hydrogens is 433 g/mol. The molecule has 2 aromatic heterocycles. The van der Waals surface area contributed by atoms with E-state index in [1.807, 2.05) is 0 Å². The fourth-order valence-electron chi connectivity index (χ4n) is 2.68. The Hall–Kier alpha value is -2.95. The number of halogens is 6. The second-order valence-electron chi connectivity index (χ2n) is 6.35. The highest BCUT2D eigenvalue weighted by atomic mass is 35.5. The molecule has 1 N–H and O–H groups in total. The normalized spacial score (nSPS) is 12.6. The van der Waals surface area contributed by atoms with Crippen molar-refractivity contribution < 1.29 is 26.7 Å². The Labute approximate surface area is 172 Å². The van der Waals surface area contributed by atoms with E-state index < -0.39 is 42.0 Å². The van der Waals surface area contributed by atoms with Gasteiger partial charge in [-0.3, -0.25) is 14.2 Å². The van der Waals surface area contributed by atoms with E-state index in [4.69, 9.17) is 11.6 Å². The highest BCUT2D eigenvalue weighted by Gasteiger charge is 2.27. The number of rotatable bonds is 7. The lowest BCUT2D eigenvalue weighted by molar-refractivity contribution is -0.119. The summed E-state index contributed by atoms with van der Waals surface area (Å²) in [7, 11) is 0. The number of hydrogen-bond donors (Lipinski definition) is 1. The number of aromatic nitrogens is 4. The molecule has 0 saturated carbocycles. The standard InChI is InChI=1S/C18H15ClF5N5O/c1-9(29-14(16(23)24)6-13(26-29)15(21)22)18(30)25-17-12(19)8-28(27-17)7-10-2-4-11(20)5-3-10/h2-6,8-9,15-16H,7H2,1H3,(H,25,27,30). The van der Waals surface area contributed by atoms with Gasteiger partial charge in [0.1, 0.15) is 28.3 Å². The van der Waals surface area contributed by atoms with Crippen LogP contribution in [0.5, 0.6) is 0 Å². The first kappa shape index (κ1) is 21.8. The number of benzene rings is 1. The molecule has 1 aromatic carbocycles. The topological polar surface area (TPSA) is 64.7 Å². The van der Waals surface area contributed by atoms with Crippen LogP contribution in [-0.2, 0) is 11.3 Å². The fraction of sp³-hybridized carbons (Fsp3) is 0.278. The van der Waals surface area contributed by atoms with Crippen molar-refractivity contribution in [3.8, 4) is 0 Å². The van der Waals surface area contributed by atoms with Crippen LogP contribution < -0.4 is 5.32 Å². The summed E-state index contributed by atoms with van der Waals surface area (Å²) in [6, 6.07) is 4.89. The minimum absolute atomic E-state index is 0.0459. The van der Waals surface area contributed by atoms with E-state index in [1.54, 1.807) is 12.1 Å². The van der Waals surface area contributed by atoms with Crippen LogP contribution >= 0.6 is 11.6 Å². The number of amides is 1. The van der Waals surface area contributed by atoms with Gasteiger partial charge in [-0.1, -0.05) is 23.7 Å². The van der Waals surface area contributed by atoms with Gasteiger partial charge in [0.05, 0.1) is 6.54 Å². The molecule has 1 atom stereocenters. The van der Waals surface area contributed by atoms with Gasteiger partial charge in [0.2, 0.25) is 5.91 Å².